The molecule has 2 heterocycles. The summed E-state index contributed by atoms with van der Waals surface area (Å²) in [6, 6.07) is 4.66. The summed E-state index contributed by atoms with van der Waals surface area (Å²) in [5.74, 6) is -1.02. The molecule has 152 valence electrons. The highest BCUT2D eigenvalue weighted by Gasteiger charge is 2.19. The lowest BCUT2D eigenvalue weighted by molar-refractivity contribution is -0.116. The molecular weight excluding hydrogens is 437 g/mol. The minimum Gasteiger partial charge on any atom is -0.462 e. The van der Waals surface area contributed by atoms with Gasteiger partial charge in [0.25, 0.3) is 5.56 Å². The Labute approximate surface area is 180 Å². The van der Waals surface area contributed by atoms with Gasteiger partial charge in [-0.1, -0.05) is 36.5 Å². The predicted octanol–water partition coefficient (Wildman–Crippen LogP) is 4.36. The number of carbonyl (C=O) groups excluding carboxylic acids is 2. The van der Waals surface area contributed by atoms with E-state index in [1.807, 2.05) is 6.92 Å². The quantitative estimate of drug-likeness (QED) is 0.423. The number of halogens is 2. The highest BCUT2D eigenvalue weighted by molar-refractivity contribution is 7.17. The Morgan fingerprint density at radius 1 is 1.28 bits per heavy atom. The molecule has 0 fully saturated rings. The van der Waals surface area contributed by atoms with Gasteiger partial charge in [-0.2, -0.15) is 0 Å². The smallest absolute Gasteiger partial charge is 0.339 e. The first kappa shape index (κ1) is 21.3. The molecule has 3 aromatic rings. The molecule has 0 atom stereocenters. The molecule has 0 saturated heterocycles. The van der Waals surface area contributed by atoms with E-state index < -0.39 is 17.4 Å². The summed E-state index contributed by atoms with van der Waals surface area (Å²) in [6.45, 7) is 1.99. The van der Waals surface area contributed by atoms with Gasteiger partial charge in [-0.3, -0.25) is 14.2 Å². The molecule has 1 N–H and O–H groups in total. The van der Waals surface area contributed by atoms with Crippen LogP contribution in [0, 0.1) is 0 Å². The Morgan fingerprint density at radius 2 is 2.07 bits per heavy atom. The fourth-order valence-electron chi connectivity index (χ4n) is 2.55. The van der Waals surface area contributed by atoms with Crippen molar-refractivity contribution in [3.8, 4) is 0 Å². The fraction of sp³-hybridized carbons (Fsp3) is 0.263. The van der Waals surface area contributed by atoms with E-state index in [9.17, 15) is 14.4 Å². The van der Waals surface area contributed by atoms with Gasteiger partial charge < -0.3 is 10.1 Å². The molecule has 10 heteroatoms. The average Bonchev–Trinajstić information content (AvgIpc) is 3.12. The summed E-state index contributed by atoms with van der Waals surface area (Å²) in [6.07, 6.45) is 2.91. The van der Waals surface area contributed by atoms with E-state index in [4.69, 9.17) is 27.9 Å². The van der Waals surface area contributed by atoms with Crippen LogP contribution in [0.1, 0.15) is 30.1 Å². The number of rotatable bonds is 7. The number of amides is 1. The standard InChI is InChI=1S/C19H17Cl2N3O4S/c1-2-3-6-28-19(27)12-9-29-17-16(12)18(26)24(10-22-17)8-15(25)23-11-4-5-13(20)14(21)7-11/h4-5,7,9-10H,2-3,6,8H2,1H3,(H,23,25). The van der Waals surface area contributed by atoms with E-state index in [0.717, 1.165) is 17.4 Å². The molecule has 3 rings (SSSR count). The summed E-state index contributed by atoms with van der Waals surface area (Å²) in [5, 5.41) is 5.01. The normalized spacial score (nSPS) is 10.9. The van der Waals surface area contributed by atoms with E-state index in [-0.39, 0.29) is 24.1 Å². The summed E-state index contributed by atoms with van der Waals surface area (Å²) in [5.41, 5.74) is 0.128. The zero-order valence-corrected chi connectivity index (χ0v) is 17.7. The number of nitrogens with zero attached hydrogens (tertiary/aromatic N) is 2. The topological polar surface area (TPSA) is 90.3 Å². The maximum Gasteiger partial charge on any atom is 0.339 e. The largest absolute Gasteiger partial charge is 0.462 e. The Bertz CT molecular complexity index is 1130. The van der Waals surface area contributed by atoms with Gasteiger partial charge in [-0.15, -0.1) is 11.3 Å². The molecule has 0 unspecified atom stereocenters. The van der Waals surface area contributed by atoms with Crippen LogP contribution in [0.3, 0.4) is 0 Å². The molecule has 0 aliphatic carbocycles. The van der Waals surface area contributed by atoms with Gasteiger partial charge in [0.1, 0.15) is 11.4 Å². The third kappa shape index (κ3) is 4.95. The van der Waals surface area contributed by atoms with Gasteiger partial charge in [0, 0.05) is 11.1 Å². The number of carbonyl (C=O) groups is 2. The molecule has 0 saturated carbocycles. The zero-order chi connectivity index (χ0) is 21.0. The lowest BCUT2D eigenvalue weighted by Gasteiger charge is -2.08. The first-order valence-corrected chi connectivity index (χ1v) is 10.4. The Hall–Kier alpha value is -2.42. The Morgan fingerprint density at radius 3 is 2.79 bits per heavy atom. The first-order valence-electron chi connectivity index (χ1n) is 8.79. The number of hydrogen-bond donors (Lipinski definition) is 1. The second-order valence-corrected chi connectivity index (χ2v) is 7.85. The third-order valence-electron chi connectivity index (χ3n) is 4.03. The van der Waals surface area contributed by atoms with Gasteiger partial charge in [-0.05, 0) is 24.6 Å². The second-order valence-electron chi connectivity index (χ2n) is 6.17. The highest BCUT2D eigenvalue weighted by atomic mass is 35.5. The first-order chi connectivity index (χ1) is 13.9. The van der Waals surface area contributed by atoms with E-state index in [1.165, 1.54) is 23.7 Å². The summed E-state index contributed by atoms with van der Waals surface area (Å²) >= 11 is 13.0. The third-order valence-corrected chi connectivity index (χ3v) is 5.65. The number of benzene rings is 1. The minimum absolute atomic E-state index is 0.154. The van der Waals surface area contributed by atoms with E-state index in [2.05, 4.69) is 10.3 Å². The number of nitrogens with one attached hydrogen (secondary N) is 1. The van der Waals surface area contributed by atoms with E-state index in [0.29, 0.717) is 20.6 Å². The number of fused-ring (bicyclic) bond motifs is 1. The number of unbranched alkanes of at least 4 members (excludes halogenated alkanes) is 1. The predicted molar refractivity (Wildman–Crippen MR) is 114 cm³/mol. The molecule has 0 radical (unpaired) electrons. The number of hydrogen-bond acceptors (Lipinski definition) is 6. The Kier molecular flexibility index (Phi) is 6.89. The van der Waals surface area contributed by atoms with Crippen molar-refractivity contribution in [2.75, 3.05) is 11.9 Å². The SMILES string of the molecule is CCCCOC(=O)c1csc2ncn(CC(=O)Nc3ccc(Cl)c(Cl)c3)c(=O)c12. The van der Waals surface area contributed by atoms with Crippen LogP contribution in [0.15, 0.2) is 34.7 Å². The van der Waals surface area contributed by atoms with Crippen molar-refractivity contribution in [3.05, 3.63) is 55.9 Å². The molecule has 1 amide bonds. The second kappa shape index (κ2) is 9.39. The van der Waals surface area contributed by atoms with Crippen LogP contribution in [-0.4, -0.2) is 28.0 Å². The van der Waals surface area contributed by atoms with Gasteiger partial charge in [-0.25, -0.2) is 9.78 Å². The molecule has 0 aliphatic heterocycles. The van der Waals surface area contributed by atoms with Crippen LogP contribution in [0.25, 0.3) is 10.2 Å². The van der Waals surface area contributed by atoms with Gasteiger partial charge in [0.05, 0.1) is 33.9 Å². The fourth-order valence-corrected chi connectivity index (χ4v) is 3.71. The van der Waals surface area contributed by atoms with Crippen LogP contribution in [0.5, 0.6) is 0 Å². The van der Waals surface area contributed by atoms with Crippen molar-refractivity contribution in [1.29, 1.82) is 0 Å². The molecular formula is C19H17Cl2N3O4S. The molecule has 1 aromatic carbocycles. The number of ether oxygens (including phenoxy) is 1. The van der Waals surface area contributed by atoms with Gasteiger partial charge in [0.2, 0.25) is 5.91 Å². The number of esters is 1. The number of anilines is 1. The molecule has 7 nitrogen and oxygen atoms in total. The van der Waals surface area contributed by atoms with E-state index in [1.54, 1.807) is 17.5 Å². The van der Waals surface area contributed by atoms with Crippen LogP contribution in [0.4, 0.5) is 5.69 Å². The Balaban J connectivity index is 1.80. The van der Waals surface area contributed by atoms with Crippen LogP contribution < -0.4 is 10.9 Å². The lowest BCUT2D eigenvalue weighted by atomic mass is 10.2. The van der Waals surface area contributed by atoms with E-state index >= 15 is 0 Å². The summed E-state index contributed by atoms with van der Waals surface area (Å²) < 4.78 is 6.34. The molecule has 0 spiro atoms. The summed E-state index contributed by atoms with van der Waals surface area (Å²) in [4.78, 5) is 42.1. The maximum atomic E-state index is 12.8. The molecule has 2 aromatic heterocycles. The molecule has 0 bridgehead atoms. The molecule has 29 heavy (non-hydrogen) atoms. The number of thiophene rings is 1. The highest BCUT2D eigenvalue weighted by Crippen LogP contribution is 2.25. The zero-order valence-electron chi connectivity index (χ0n) is 15.4. The lowest BCUT2D eigenvalue weighted by Crippen LogP contribution is -2.28. The van der Waals surface area contributed by atoms with Crippen LogP contribution in [0.2, 0.25) is 10.0 Å². The summed E-state index contributed by atoms with van der Waals surface area (Å²) in [7, 11) is 0. The minimum atomic E-state index is -0.568. The molecule has 0 aliphatic rings. The van der Waals surface area contributed by atoms with Gasteiger partial charge in [0.15, 0.2) is 0 Å². The van der Waals surface area contributed by atoms with Crippen LogP contribution in [-0.2, 0) is 16.1 Å². The van der Waals surface area contributed by atoms with Crippen molar-refractivity contribution in [2.45, 2.75) is 26.3 Å². The number of aromatic nitrogens is 2. The maximum absolute atomic E-state index is 12.8. The van der Waals surface area contributed by atoms with Crippen molar-refractivity contribution in [1.82, 2.24) is 9.55 Å². The monoisotopic (exact) mass is 453 g/mol. The van der Waals surface area contributed by atoms with Crippen molar-refractivity contribution in [2.24, 2.45) is 0 Å². The van der Waals surface area contributed by atoms with Crippen molar-refractivity contribution < 1.29 is 14.3 Å². The van der Waals surface area contributed by atoms with Crippen molar-refractivity contribution in [3.63, 3.8) is 0 Å². The van der Waals surface area contributed by atoms with Gasteiger partial charge >= 0.3 is 5.97 Å². The average molecular weight is 454 g/mol. The van der Waals surface area contributed by atoms with Crippen molar-refractivity contribution >= 4 is 62.3 Å². The van der Waals surface area contributed by atoms with Crippen LogP contribution >= 0.6 is 34.5 Å².